The predicted molar refractivity (Wildman–Crippen MR) is 86.2 cm³/mol. The fraction of sp³-hybridized carbons (Fsp3) is 0.308. The molecule has 0 spiro atoms. The molecule has 9 heteroatoms. The van der Waals surface area contributed by atoms with Crippen LogP contribution >= 0.6 is 23.5 Å². The smallest absolute Gasteiger partial charge is 0.360 e. The lowest BCUT2D eigenvalue weighted by Gasteiger charge is -2.03. The van der Waals surface area contributed by atoms with Gasteiger partial charge in [0.1, 0.15) is 0 Å². The van der Waals surface area contributed by atoms with E-state index in [2.05, 4.69) is 10.2 Å². The summed E-state index contributed by atoms with van der Waals surface area (Å²) in [7, 11) is 0. The van der Waals surface area contributed by atoms with Crippen molar-refractivity contribution in [3.05, 3.63) is 44.3 Å². The van der Waals surface area contributed by atoms with Crippen LogP contribution in [0.25, 0.3) is 0 Å². The summed E-state index contributed by atoms with van der Waals surface area (Å²) in [6, 6.07) is 5.63. The molecule has 0 N–H and O–H groups in total. The van der Waals surface area contributed by atoms with Crippen molar-refractivity contribution >= 4 is 40.9 Å². The van der Waals surface area contributed by atoms with Crippen LogP contribution in [-0.2, 0) is 9.53 Å². The number of rotatable bonds is 5. The molecule has 116 valence electrons. The molecule has 1 saturated heterocycles. The van der Waals surface area contributed by atoms with Gasteiger partial charge in [0.2, 0.25) is 0 Å². The molecule has 0 saturated carbocycles. The van der Waals surface area contributed by atoms with Crippen LogP contribution in [0.15, 0.2) is 44.4 Å². The van der Waals surface area contributed by atoms with Crippen molar-refractivity contribution in [2.24, 2.45) is 10.2 Å². The highest BCUT2D eigenvalue weighted by molar-refractivity contribution is 8.25. The third-order valence-electron chi connectivity index (χ3n) is 2.54. The molecule has 0 bridgehead atoms. The van der Waals surface area contributed by atoms with Crippen LogP contribution in [0.3, 0.4) is 0 Å². The fourth-order valence-electron chi connectivity index (χ4n) is 1.56. The Hall–Kier alpha value is -1.87. The Morgan fingerprint density at radius 3 is 2.50 bits per heavy atom. The number of ether oxygens (including phenoxy) is 1. The molecule has 0 atom stereocenters. The first-order chi connectivity index (χ1) is 10.6. The second kappa shape index (κ2) is 7.95. The third-order valence-corrected chi connectivity index (χ3v) is 5.23. The van der Waals surface area contributed by atoms with Crippen molar-refractivity contribution < 1.29 is 14.5 Å². The summed E-state index contributed by atoms with van der Waals surface area (Å²) in [5.74, 6) is 1.32. The summed E-state index contributed by atoms with van der Waals surface area (Å²) in [6.45, 7) is 1.99. The SMILES string of the molecule is CCOC(=O)C(N=Nc1ccc([N+](=O)[O-])cc1)=C1SCCS1. The highest BCUT2D eigenvalue weighted by Crippen LogP contribution is 2.39. The first kappa shape index (κ1) is 16.5. The number of thioether (sulfide) groups is 2. The number of benzene rings is 1. The van der Waals surface area contributed by atoms with Gasteiger partial charge in [-0.1, -0.05) is 0 Å². The maximum atomic E-state index is 11.9. The standard InChI is InChI=1S/C13H13N3O4S2/c1-2-20-12(17)11(13-21-7-8-22-13)15-14-9-3-5-10(6-4-9)16(18)19/h3-6H,2,7-8H2,1H3. The second-order valence-electron chi connectivity index (χ2n) is 4.03. The van der Waals surface area contributed by atoms with Crippen LogP contribution in [-0.4, -0.2) is 29.0 Å². The van der Waals surface area contributed by atoms with E-state index < -0.39 is 10.9 Å². The molecule has 1 aromatic rings. The fourth-order valence-corrected chi connectivity index (χ4v) is 3.95. The Kier molecular flexibility index (Phi) is 5.96. The Labute approximate surface area is 135 Å². The zero-order chi connectivity index (χ0) is 15.9. The van der Waals surface area contributed by atoms with Gasteiger partial charge in [-0.2, -0.15) is 5.11 Å². The Balaban J connectivity index is 2.21. The van der Waals surface area contributed by atoms with Crippen molar-refractivity contribution in [3.63, 3.8) is 0 Å². The molecular weight excluding hydrogens is 326 g/mol. The van der Waals surface area contributed by atoms with Crippen molar-refractivity contribution in [1.29, 1.82) is 0 Å². The zero-order valence-corrected chi connectivity index (χ0v) is 13.4. The monoisotopic (exact) mass is 339 g/mol. The maximum Gasteiger partial charge on any atom is 0.360 e. The second-order valence-corrected chi connectivity index (χ2v) is 6.50. The van der Waals surface area contributed by atoms with E-state index in [9.17, 15) is 14.9 Å². The van der Waals surface area contributed by atoms with Crippen molar-refractivity contribution in [3.8, 4) is 0 Å². The number of nitrogens with zero attached hydrogens (tertiary/aromatic N) is 3. The lowest BCUT2D eigenvalue weighted by Crippen LogP contribution is -2.06. The van der Waals surface area contributed by atoms with Crippen LogP contribution in [0, 0.1) is 10.1 Å². The van der Waals surface area contributed by atoms with Gasteiger partial charge in [0.25, 0.3) is 5.69 Å². The average Bonchev–Trinajstić information content (AvgIpc) is 3.02. The van der Waals surface area contributed by atoms with E-state index in [4.69, 9.17) is 4.74 Å². The van der Waals surface area contributed by atoms with Gasteiger partial charge in [0.05, 0.1) is 21.5 Å². The summed E-state index contributed by atoms with van der Waals surface area (Å²) >= 11 is 3.09. The molecule has 1 heterocycles. The largest absolute Gasteiger partial charge is 0.461 e. The molecule has 7 nitrogen and oxygen atoms in total. The number of nitro benzene ring substituents is 1. The van der Waals surface area contributed by atoms with Gasteiger partial charge in [-0.15, -0.1) is 28.6 Å². The summed E-state index contributed by atoms with van der Waals surface area (Å²) in [4.78, 5) is 22.0. The normalized spacial score (nSPS) is 14.3. The predicted octanol–water partition coefficient (Wildman–Crippen LogP) is 3.89. The summed E-state index contributed by atoms with van der Waals surface area (Å²) < 4.78 is 5.78. The average molecular weight is 339 g/mol. The number of carbonyl (C=O) groups excluding carboxylic acids is 1. The van der Waals surface area contributed by atoms with E-state index in [1.165, 1.54) is 24.3 Å². The van der Waals surface area contributed by atoms with Gasteiger partial charge in [-0.05, 0) is 19.1 Å². The number of carbonyl (C=O) groups is 1. The minimum atomic E-state index is -0.509. The van der Waals surface area contributed by atoms with E-state index in [0.29, 0.717) is 5.69 Å². The minimum absolute atomic E-state index is 0.0233. The molecule has 0 amide bonds. The molecule has 0 radical (unpaired) electrons. The quantitative estimate of drug-likeness (QED) is 0.265. The number of nitro groups is 1. The Morgan fingerprint density at radius 1 is 1.32 bits per heavy atom. The van der Waals surface area contributed by atoms with E-state index in [1.54, 1.807) is 30.4 Å². The van der Waals surface area contributed by atoms with Crippen LogP contribution in [0.1, 0.15) is 6.92 Å². The zero-order valence-electron chi connectivity index (χ0n) is 11.7. The van der Waals surface area contributed by atoms with Crippen molar-refractivity contribution in [2.45, 2.75) is 6.92 Å². The highest BCUT2D eigenvalue weighted by Gasteiger charge is 2.21. The van der Waals surface area contributed by atoms with Crippen LogP contribution in [0.5, 0.6) is 0 Å². The Morgan fingerprint density at radius 2 is 1.95 bits per heavy atom. The van der Waals surface area contributed by atoms with Gasteiger partial charge < -0.3 is 4.74 Å². The molecule has 22 heavy (non-hydrogen) atoms. The van der Waals surface area contributed by atoms with Crippen molar-refractivity contribution in [2.75, 3.05) is 18.1 Å². The minimum Gasteiger partial charge on any atom is -0.461 e. The van der Waals surface area contributed by atoms with Gasteiger partial charge in [-0.3, -0.25) is 10.1 Å². The summed E-state index contributed by atoms with van der Waals surface area (Å²) in [6.07, 6.45) is 0. The first-order valence-corrected chi connectivity index (χ1v) is 8.42. The number of esters is 1. The number of hydrogen-bond acceptors (Lipinski definition) is 8. The lowest BCUT2D eigenvalue weighted by atomic mass is 10.3. The molecule has 2 rings (SSSR count). The highest BCUT2D eigenvalue weighted by atomic mass is 32.2. The van der Waals surface area contributed by atoms with Crippen LogP contribution in [0.4, 0.5) is 11.4 Å². The van der Waals surface area contributed by atoms with Crippen LogP contribution in [0.2, 0.25) is 0 Å². The van der Waals surface area contributed by atoms with E-state index in [1.807, 2.05) is 0 Å². The van der Waals surface area contributed by atoms with E-state index in [0.717, 1.165) is 15.7 Å². The van der Waals surface area contributed by atoms with E-state index >= 15 is 0 Å². The Bertz CT molecular complexity index is 621. The van der Waals surface area contributed by atoms with Gasteiger partial charge in [0.15, 0.2) is 5.70 Å². The first-order valence-electron chi connectivity index (χ1n) is 6.45. The van der Waals surface area contributed by atoms with Gasteiger partial charge in [0, 0.05) is 23.6 Å². The summed E-state index contributed by atoms with van der Waals surface area (Å²) in [5, 5.41) is 18.6. The molecule has 1 aromatic carbocycles. The van der Waals surface area contributed by atoms with E-state index in [-0.39, 0.29) is 18.0 Å². The van der Waals surface area contributed by atoms with Crippen LogP contribution < -0.4 is 0 Å². The molecule has 0 unspecified atom stereocenters. The lowest BCUT2D eigenvalue weighted by molar-refractivity contribution is -0.384. The topological polar surface area (TPSA) is 94.2 Å². The number of hydrogen-bond donors (Lipinski definition) is 0. The molecule has 1 fully saturated rings. The third kappa shape index (κ3) is 4.31. The number of non-ortho nitro benzene ring substituents is 1. The van der Waals surface area contributed by atoms with Gasteiger partial charge >= 0.3 is 5.97 Å². The maximum absolute atomic E-state index is 11.9. The van der Waals surface area contributed by atoms with Crippen molar-refractivity contribution in [1.82, 2.24) is 0 Å². The van der Waals surface area contributed by atoms with Gasteiger partial charge in [-0.25, -0.2) is 4.79 Å². The molecule has 1 aliphatic rings. The number of azo groups is 1. The molecular formula is C13H13N3O4S2. The molecule has 0 aromatic heterocycles. The summed E-state index contributed by atoms with van der Waals surface area (Å²) in [5.41, 5.74) is 0.596. The molecule has 0 aliphatic carbocycles. The molecule has 1 aliphatic heterocycles.